The van der Waals surface area contributed by atoms with Gasteiger partial charge in [0.2, 0.25) is 0 Å². The zero-order valence-electron chi connectivity index (χ0n) is 28.0. The van der Waals surface area contributed by atoms with Crippen molar-refractivity contribution in [1.82, 2.24) is 0 Å². The minimum Gasteiger partial charge on any atom is -0.486 e. The average Bonchev–Trinajstić information content (AvgIpc) is 3.21. The van der Waals surface area contributed by atoms with Crippen molar-refractivity contribution in [2.45, 2.75) is 0 Å². The molecule has 0 saturated carbocycles. The normalized spacial score (nSPS) is 12.5. The molecule has 1 heterocycles. The third-order valence-corrected chi connectivity index (χ3v) is 8.80. The highest BCUT2D eigenvalue weighted by Crippen LogP contribution is 2.43. The molecule has 6 aromatic rings. The lowest BCUT2D eigenvalue weighted by Crippen LogP contribution is -2.15. The molecular formula is C44H32O8. The molecule has 0 aliphatic carbocycles. The van der Waals surface area contributed by atoms with Crippen LogP contribution < -0.4 is 18.9 Å². The highest BCUT2D eigenvalue weighted by Gasteiger charge is 2.19. The molecule has 1 aliphatic rings. The average molecular weight is 689 g/mol. The Morgan fingerprint density at radius 3 is 0.673 bits per heavy atom. The van der Waals surface area contributed by atoms with Crippen LogP contribution in [0.15, 0.2) is 121 Å². The van der Waals surface area contributed by atoms with Crippen LogP contribution >= 0.6 is 0 Å². The van der Waals surface area contributed by atoms with E-state index in [1.54, 1.807) is 48.5 Å². The predicted molar refractivity (Wildman–Crippen MR) is 198 cm³/mol. The van der Waals surface area contributed by atoms with Crippen molar-refractivity contribution in [2.75, 3.05) is 26.4 Å². The SMILES string of the molecule is O=Cc1ccc(-c2cc3c(cc2-c2ccc(C=O)cc2)OCCOc2cc(-c4ccc(C=O)cc4)c(-c4ccc(C=O)cc4)cc2OCCO3)cc1. The fourth-order valence-corrected chi connectivity index (χ4v) is 6.10. The second-order valence-corrected chi connectivity index (χ2v) is 12.0. The molecule has 0 fully saturated rings. The van der Waals surface area contributed by atoms with Crippen LogP contribution in [0.3, 0.4) is 0 Å². The van der Waals surface area contributed by atoms with Crippen molar-refractivity contribution in [2.24, 2.45) is 0 Å². The maximum absolute atomic E-state index is 11.4. The van der Waals surface area contributed by atoms with E-state index in [1.165, 1.54) is 0 Å². The molecule has 256 valence electrons. The quantitative estimate of drug-likeness (QED) is 0.146. The summed E-state index contributed by atoms with van der Waals surface area (Å²) in [6.07, 6.45) is 3.21. The van der Waals surface area contributed by atoms with Crippen molar-refractivity contribution < 1.29 is 38.1 Å². The van der Waals surface area contributed by atoms with Crippen LogP contribution in [0.2, 0.25) is 0 Å². The van der Waals surface area contributed by atoms with Crippen molar-refractivity contribution >= 4 is 25.1 Å². The number of carbonyl (C=O) groups is 4. The van der Waals surface area contributed by atoms with Crippen LogP contribution in [-0.2, 0) is 0 Å². The third-order valence-electron chi connectivity index (χ3n) is 8.80. The number of hydrogen-bond donors (Lipinski definition) is 0. The first-order chi connectivity index (χ1) is 25.6. The van der Waals surface area contributed by atoms with E-state index in [9.17, 15) is 19.2 Å². The van der Waals surface area contributed by atoms with Gasteiger partial charge in [0.05, 0.1) is 0 Å². The van der Waals surface area contributed by atoms with Crippen molar-refractivity contribution in [3.8, 4) is 67.5 Å². The number of rotatable bonds is 8. The van der Waals surface area contributed by atoms with Gasteiger partial charge < -0.3 is 18.9 Å². The first-order valence-electron chi connectivity index (χ1n) is 16.7. The van der Waals surface area contributed by atoms with Gasteiger partial charge in [0.25, 0.3) is 0 Å². The molecule has 8 heteroatoms. The number of fused-ring (bicyclic) bond motifs is 2. The summed E-state index contributed by atoms with van der Waals surface area (Å²) in [5, 5.41) is 0. The Morgan fingerprint density at radius 2 is 0.500 bits per heavy atom. The van der Waals surface area contributed by atoms with Crippen LogP contribution in [-0.4, -0.2) is 51.6 Å². The Morgan fingerprint density at radius 1 is 0.308 bits per heavy atom. The summed E-state index contributed by atoms with van der Waals surface area (Å²) in [5.41, 5.74) is 9.15. The first-order valence-corrected chi connectivity index (χ1v) is 16.7. The topological polar surface area (TPSA) is 105 Å². The summed E-state index contributed by atoms with van der Waals surface area (Å²) >= 11 is 0. The Hall–Kier alpha value is -6.80. The summed E-state index contributed by atoms with van der Waals surface area (Å²) in [4.78, 5) is 45.5. The maximum atomic E-state index is 11.4. The molecule has 0 spiro atoms. The third kappa shape index (κ3) is 7.22. The fraction of sp³-hybridized carbons (Fsp3) is 0.0909. The molecule has 0 bridgehead atoms. The van der Waals surface area contributed by atoms with Gasteiger partial charge in [-0.1, -0.05) is 97.1 Å². The van der Waals surface area contributed by atoms with Gasteiger partial charge in [-0.05, 0) is 68.8 Å². The van der Waals surface area contributed by atoms with Crippen LogP contribution in [0.5, 0.6) is 23.0 Å². The highest BCUT2D eigenvalue weighted by atomic mass is 16.6. The molecule has 52 heavy (non-hydrogen) atoms. The molecule has 8 nitrogen and oxygen atoms in total. The van der Waals surface area contributed by atoms with E-state index < -0.39 is 0 Å². The molecule has 6 aromatic carbocycles. The van der Waals surface area contributed by atoms with Gasteiger partial charge in [-0.2, -0.15) is 0 Å². The van der Waals surface area contributed by atoms with E-state index in [2.05, 4.69) is 0 Å². The second-order valence-electron chi connectivity index (χ2n) is 12.0. The van der Waals surface area contributed by atoms with E-state index in [0.29, 0.717) is 45.3 Å². The number of hydrogen-bond acceptors (Lipinski definition) is 8. The van der Waals surface area contributed by atoms with Crippen molar-refractivity contribution in [3.05, 3.63) is 144 Å². The number of aldehydes is 4. The van der Waals surface area contributed by atoms with Gasteiger partial charge in [0.15, 0.2) is 23.0 Å². The molecule has 0 radical (unpaired) electrons. The summed E-state index contributed by atoms with van der Waals surface area (Å²) in [7, 11) is 0. The Balaban J connectivity index is 1.24. The molecule has 0 aromatic heterocycles. The second kappa shape index (κ2) is 15.4. The standard InChI is InChI=1S/C44H32O8/c45-25-29-1-9-33(10-2-29)37-21-41-42(22-38(37)34-11-3-30(26-46)4-12-34)50-19-20-52-44-24-40(36-15-7-32(28-48)8-16-36)39(23-43(44)51-18-17-49-41)35-13-5-31(27-47)6-14-35/h1-16,21-28H,17-20H2. The molecule has 0 amide bonds. The fourth-order valence-electron chi connectivity index (χ4n) is 6.10. The van der Waals surface area contributed by atoms with Crippen molar-refractivity contribution in [1.29, 1.82) is 0 Å². The van der Waals surface area contributed by atoms with Gasteiger partial charge in [-0.25, -0.2) is 0 Å². The van der Waals surface area contributed by atoms with Gasteiger partial charge >= 0.3 is 0 Å². The minimum atomic E-state index is 0.185. The zero-order valence-corrected chi connectivity index (χ0v) is 28.0. The molecule has 0 atom stereocenters. The van der Waals surface area contributed by atoms with Gasteiger partial charge in [-0.3, -0.25) is 19.2 Å². The first kappa shape index (κ1) is 33.7. The summed E-state index contributed by atoms with van der Waals surface area (Å²) in [5.74, 6) is 2.05. The van der Waals surface area contributed by atoms with Crippen LogP contribution in [0.25, 0.3) is 44.5 Å². The van der Waals surface area contributed by atoms with E-state index >= 15 is 0 Å². The lowest BCUT2D eigenvalue weighted by atomic mass is 9.93. The Bertz CT molecular complexity index is 1910. The lowest BCUT2D eigenvalue weighted by molar-refractivity contribution is 0.111. The number of carbonyl (C=O) groups excluding carboxylic acids is 4. The van der Waals surface area contributed by atoms with Crippen LogP contribution in [0.4, 0.5) is 0 Å². The molecular weight excluding hydrogens is 656 g/mol. The van der Waals surface area contributed by atoms with Crippen LogP contribution in [0, 0.1) is 0 Å². The predicted octanol–water partition coefficient (Wildman–Crippen LogP) is 8.83. The van der Waals surface area contributed by atoms with Gasteiger partial charge in [0, 0.05) is 22.3 Å². The highest BCUT2D eigenvalue weighted by molar-refractivity contribution is 5.90. The van der Waals surface area contributed by atoms with Gasteiger partial charge in [0.1, 0.15) is 51.6 Å². The van der Waals surface area contributed by atoms with E-state index in [0.717, 1.165) is 69.7 Å². The lowest BCUT2D eigenvalue weighted by Gasteiger charge is -2.21. The monoisotopic (exact) mass is 688 g/mol. The summed E-state index contributed by atoms with van der Waals surface area (Å²) in [6.45, 7) is 0.742. The molecule has 0 saturated heterocycles. The molecule has 0 unspecified atom stereocenters. The van der Waals surface area contributed by atoms with Gasteiger partial charge in [-0.15, -0.1) is 0 Å². The van der Waals surface area contributed by atoms with E-state index in [1.807, 2.05) is 72.8 Å². The zero-order chi connectivity index (χ0) is 35.9. The van der Waals surface area contributed by atoms with Crippen molar-refractivity contribution in [3.63, 3.8) is 0 Å². The minimum absolute atomic E-state index is 0.185. The molecule has 1 aliphatic heterocycles. The smallest absolute Gasteiger partial charge is 0.162 e. The molecule has 7 rings (SSSR count). The number of benzene rings is 6. The largest absolute Gasteiger partial charge is 0.486 e. The molecule has 0 N–H and O–H groups in total. The summed E-state index contributed by atoms with van der Waals surface area (Å²) in [6, 6.07) is 36.8. The number of ether oxygens (including phenoxy) is 4. The van der Waals surface area contributed by atoms with E-state index in [-0.39, 0.29) is 26.4 Å². The Labute approximate surface area is 300 Å². The maximum Gasteiger partial charge on any atom is 0.162 e. The Kier molecular flexibility index (Phi) is 9.97. The van der Waals surface area contributed by atoms with E-state index in [4.69, 9.17) is 18.9 Å². The summed E-state index contributed by atoms with van der Waals surface area (Å²) < 4.78 is 25.2. The van der Waals surface area contributed by atoms with Crippen LogP contribution in [0.1, 0.15) is 41.4 Å².